The number of hydrogen-bond acceptors (Lipinski definition) is 5. The molecule has 1 aromatic heterocycles. The van der Waals surface area contributed by atoms with E-state index in [2.05, 4.69) is 10.2 Å². The number of rotatable bonds is 12. The van der Waals surface area contributed by atoms with Crippen LogP contribution in [-0.4, -0.2) is 48.9 Å². The minimum atomic E-state index is -0.0571. The van der Waals surface area contributed by atoms with Crippen LogP contribution in [0.2, 0.25) is 0 Å². The molecule has 6 heteroatoms. The number of hydrogen-bond donors (Lipinski definition) is 1. The van der Waals surface area contributed by atoms with Gasteiger partial charge < -0.3 is 19.4 Å². The summed E-state index contributed by atoms with van der Waals surface area (Å²) in [7, 11) is 0. The van der Waals surface area contributed by atoms with Gasteiger partial charge in [0, 0.05) is 36.4 Å². The van der Waals surface area contributed by atoms with Crippen molar-refractivity contribution in [3.63, 3.8) is 0 Å². The van der Waals surface area contributed by atoms with Crippen LogP contribution in [0.15, 0.2) is 40.8 Å². The van der Waals surface area contributed by atoms with Crippen LogP contribution in [0.3, 0.4) is 0 Å². The van der Waals surface area contributed by atoms with Gasteiger partial charge in [0.2, 0.25) is 5.91 Å². The molecule has 2 heterocycles. The molecule has 1 aliphatic rings. The number of carbonyl (C=O) groups excluding carboxylic acids is 2. The van der Waals surface area contributed by atoms with E-state index in [1.165, 1.54) is 25.9 Å². The van der Waals surface area contributed by atoms with Crippen molar-refractivity contribution < 1.29 is 18.7 Å². The van der Waals surface area contributed by atoms with E-state index in [4.69, 9.17) is 9.15 Å². The van der Waals surface area contributed by atoms with Gasteiger partial charge in [-0.05, 0) is 95.8 Å². The Morgan fingerprint density at radius 3 is 2.46 bits per heavy atom. The Hall–Kier alpha value is -3.12. The van der Waals surface area contributed by atoms with Crippen molar-refractivity contribution in [1.82, 2.24) is 10.2 Å². The molecule has 1 saturated heterocycles. The summed E-state index contributed by atoms with van der Waals surface area (Å²) >= 11 is 0. The van der Waals surface area contributed by atoms with Gasteiger partial charge in [0.25, 0.3) is 0 Å². The molecule has 1 N–H and O–H groups in total. The van der Waals surface area contributed by atoms with E-state index in [1.807, 2.05) is 64.1 Å². The summed E-state index contributed by atoms with van der Waals surface area (Å²) in [5, 5.41) is 3.73. The van der Waals surface area contributed by atoms with Crippen molar-refractivity contribution >= 4 is 22.7 Å². The molecule has 2 aromatic carbocycles. The number of nitrogens with zero attached hydrogens (tertiary/aromatic N) is 1. The zero-order valence-electron chi connectivity index (χ0n) is 22.7. The van der Waals surface area contributed by atoms with Gasteiger partial charge in [-0.1, -0.05) is 18.2 Å². The lowest BCUT2D eigenvalue weighted by atomic mass is 9.95. The van der Waals surface area contributed by atoms with E-state index in [-0.39, 0.29) is 17.7 Å². The highest BCUT2D eigenvalue weighted by atomic mass is 16.5. The van der Waals surface area contributed by atoms with Gasteiger partial charge >= 0.3 is 0 Å². The average molecular weight is 505 g/mol. The molecule has 3 aromatic rings. The predicted octanol–water partition coefficient (Wildman–Crippen LogP) is 5.99. The van der Waals surface area contributed by atoms with E-state index in [0.717, 1.165) is 35.2 Å². The van der Waals surface area contributed by atoms with Gasteiger partial charge in [0.05, 0.1) is 12.2 Å². The van der Waals surface area contributed by atoms with Gasteiger partial charge in [-0.15, -0.1) is 0 Å². The Bertz CT molecular complexity index is 1210. The summed E-state index contributed by atoms with van der Waals surface area (Å²) in [6.45, 7) is 12.0. The highest BCUT2D eigenvalue weighted by Crippen LogP contribution is 2.32. The van der Waals surface area contributed by atoms with E-state index in [9.17, 15) is 9.59 Å². The number of benzene rings is 2. The maximum atomic E-state index is 13.8. The summed E-state index contributed by atoms with van der Waals surface area (Å²) in [6, 6.07) is 11.6. The van der Waals surface area contributed by atoms with E-state index < -0.39 is 0 Å². The Morgan fingerprint density at radius 1 is 1.05 bits per heavy atom. The number of aryl methyl sites for hydroxylation is 3. The number of nitrogens with one attached hydrogen (secondary N) is 1. The second-order valence-corrected chi connectivity index (χ2v) is 10.5. The summed E-state index contributed by atoms with van der Waals surface area (Å²) in [4.78, 5) is 28.4. The van der Waals surface area contributed by atoms with Crippen molar-refractivity contribution in [1.29, 1.82) is 0 Å². The largest absolute Gasteiger partial charge is 0.493 e. The molecule has 0 aliphatic carbocycles. The van der Waals surface area contributed by atoms with Gasteiger partial charge in [0.1, 0.15) is 17.1 Å². The van der Waals surface area contributed by atoms with Crippen molar-refractivity contribution in [2.45, 2.75) is 72.3 Å². The molecule has 0 unspecified atom stereocenters. The van der Waals surface area contributed by atoms with Crippen molar-refractivity contribution in [2.75, 3.05) is 26.2 Å². The minimum absolute atomic E-state index is 0.0151. The number of ether oxygens (including phenoxy) is 1. The first-order valence-corrected chi connectivity index (χ1v) is 13.6. The Morgan fingerprint density at radius 2 is 1.76 bits per heavy atom. The fourth-order valence-corrected chi connectivity index (χ4v) is 5.25. The topological polar surface area (TPSA) is 71.8 Å². The Balaban J connectivity index is 1.49. The number of furan rings is 1. The third kappa shape index (κ3) is 6.80. The zero-order valence-corrected chi connectivity index (χ0v) is 22.7. The molecule has 0 spiro atoms. The molecular weight excluding hydrogens is 464 g/mol. The van der Waals surface area contributed by atoms with Gasteiger partial charge in [0.15, 0.2) is 5.78 Å². The number of likely N-dealkylation sites (tertiary alicyclic amines) is 1. The fourth-order valence-electron chi connectivity index (χ4n) is 5.25. The molecule has 0 radical (unpaired) electrons. The molecule has 0 bridgehead atoms. The number of carbonyl (C=O) groups is 2. The molecule has 0 atom stereocenters. The first kappa shape index (κ1) is 26.9. The van der Waals surface area contributed by atoms with Crippen LogP contribution in [0.4, 0.5) is 0 Å². The van der Waals surface area contributed by atoms with Gasteiger partial charge in [-0.2, -0.15) is 0 Å². The number of amides is 1. The molecule has 37 heavy (non-hydrogen) atoms. The van der Waals surface area contributed by atoms with Crippen molar-refractivity contribution in [3.05, 3.63) is 64.4 Å². The van der Waals surface area contributed by atoms with Crippen molar-refractivity contribution in [2.24, 2.45) is 0 Å². The first-order chi connectivity index (χ1) is 17.8. The van der Waals surface area contributed by atoms with E-state index in [1.54, 1.807) is 0 Å². The molecular formula is C31H40N2O4. The molecule has 1 fully saturated rings. The number of fused-ring (bicyclic) bond motifs is 1. The van der Waals surface area contributed by atoms with Crippen LogP contribution in [0, 0.1) is 13.8 Å². The second kappa shape index (κ2) is 12.4. The number of para-hydroxylation sites is 1. The quantitative estimate of drug-likeness (QED) is 0.242. The van der Waals surface area contributed by atoms with Crippen molar-refractivity contribution in [3.8, 4) is 5.75 Å². The average Bonchev–Trinajstić information content (AvgIpc) is 3.49. The number of ketones is 1. The summed E-state index contributed by atoms with van der Waals surface area (Å²) in [5.74, 6) is 1.46. The lowest BCUT2D eigenvalue weighted by Crippen LogP contribution is -2.29. The van der Waals surface area contributed by atoms with Gasteiger partial charge in [-0.3, -0.25) is 9.59 Å². The molecule has 1 aliphatic heterocycles. The predicted molar refractivity (Wildman–Crippen MR) is 148 cm³/mol. The minimum Gasteiger partial charge on any atom is -0.493 e. The highest BCUT2D eigenvalue weighted by Gasteiger charge is 2.23. The van der Waals surface area contributed by atoms with Crippen LogP contribution in [0.25, 0.3) is 11.0 Å². The Kier molecular flexibility index (Phi) is 9.04. The van der Waals surface area contributed by atoms with Crippen LogP contribution in [0.1, 0.15) is 78.8 Å². The van der Waals surface area contributed by atoms with Crippen LogP contribution in [0.5, 0.6) is 5.75 Å². The van der Waals surface area contributed by atoms with Crippen LogP contribution >= 0.6 is 0 Å². The molecule has 0 saturated carbocycles. The summed E-state index contributed by atoms with van der Waals surface area (Å²) < 4.78 is 12.3. The molecule has 4 rings (SSSR count). The van der Waals surface area contributed by atoms with E-state index >= 15 is 0 Å². The Labute approximate surface area is 220 Å². The summed E-state index contributed by atoms with van der Waals surface area (Å²) in [6.07, 6.45) is 5.13. The highest BCUT2D eigenvalue weighted by molar-refractivity contribution is 6.17. The third-order valence-electron chi connectivity index (χ3n) is 6.94. The van der Waals surface area contributed by atoms with Crippen LogP contribution in [-0.2, 0) is 11.2 Å². The van der Waals surface area contributed by atoms with Gasteiger partial charge in [-0.25, -0.2) is 0 Å². The lowest BCUT2D eigenvalue weighted by Gasteiger charge is -2.17. The fraction of sp³-hybridized carbons (Fsp3) is 0.484. The normalized spacial score (nSPS) is 14.0. The summed E-state index contributed by atoms with van der Waals surface area (Å²) in [5.41, 5.74) is 3.84. The maximum absolute atomic E-state index is 13.8. The smallest absolute Gasteiger partial charge is 0.220 e. The second-order valence-electron chi connectivity index (χ2n) is 10.5. The lowest BCUT2D eigenvalue weighted by molar-refractivity contribution is -0.121. The molecule has 198 valence electrons. The zero-order chi connectivity index (χ0) is 26.4. The first-order valence-electron chi connectivity index (χ1n) is 13.6. The van der Waals surface area contributed by atoms with Crippen LogP contribution < -0.4 is 10.1 Å². The molecule has 6 nitrogen and oxygen atoms in total. The van der Waals surface area contributed by atoms with E-state index in [0.29, 0.717) is 48.3 Å². The standard InChI is InChI=1S/C31H40N2O4/c1-21(2)32-28(34)14-9-13-27-29(25-11-5-6-12-26(25)37-27)30(35)24-19-22(3)31(23(4)20-24)36-18-10-17-33-15-7-8-16-33/h5-6,11-12,19-21H,7-10,13-18H2,1-4H3,(H,32,34). The maximum Gasteiger partial charge on any atom is 0.220 e. The third-order valence-corrected chi connectivity index (χ3v) is 6.94. The SMILES string of the molecule is Cc1cc(C(=O)c2c(CCCC(=O)NC(C)C)oc3ccccc23)cc(C)c1OCCCN1CCCC1. The monoisotopic (exact) mass is 504 g/mol. The molecule has 1 amide bonds.